The predicted molar refractivity (Wildman–Crippen MR) is 117 cm³/mol. The molecule has 0 aliphatic carbocycles. The smallest absolute Gasteiger partial charge is 0.119 e. The molecule has 0 bridgehead atoms. The second-order valence-electron chi connectivity index (χ2n) is 7.37. The number of nitrogens with one attached hydrogen (secondary N) is 1. The molecule has 0 fully saturated rings. The Morgan fingerprint density at radius 2 is 1.89 bits per heavy atom. The maximum Gasteiger partial charge on any atom is 0.119 e. The van der Waals surface area contributed by atoms with Crippen LogP contribution in [0.5, 0.6) is 5.75 Å². The third-order valence-electron chi connectivity index (χ3n) is 5.15. The summed E-state index contributed by atoms with van der Waals surface area (Å²) in [5, 5.41) is 4.38. The molecule has 0 aliphatic rings. The average Bonchev–Trinajstić information content (AvgIpc) is 2.67. The average molecular weight is 386 g/mol. The van der Waals surface area contributed by atoms with Crippen molar-refractivity contribution in [1.29, 1.82) is 0 Å². The van der Waals surface area contributed by atoms with Gasteiger partial charge >= 0.3 is 0 Å². The van der Waals surface area contributed by atoms with Crippen LogP contribution < -0.4 is 10.1 Å². The summed E-state index contributed by atoms with van der Waals surface area (Å²) < 4.78 is 5.28. The molecule has 0 spiro atoms. The van der Waals surface area contributed by atoms with E-state index >= 15 is 0 Å². The van der Waals surface area contributed by atoms with Crippen LogP contribution in [-0.4, -0.2) is 20.2 Å². The van der Waals surface area contributed by atoms with Gasteiger partial charge in [-0.05, 0) is 86.0 Å². The van der Waals surface area contributed by atoms with Crippen LogP contribution in [0.2, 0.25) is 5.02 Å². The van der Waals surface area contributed by atoms with Crippen LogP contribution in [0.25, 0.3) is 0 Å². The van der Waals surface area contributed by atoms with Gasteiger partial charge in [0.25, 0.3) is 0 Å². The van der Waals surface area contributed by atoms with Crippen LogP contribution in [-0.2, 0) is 11.8 Å². The fourth-order valence-corrected chi connectivity index (χ4v) is 3.71. The second-order valence-corrected chi connectivity index (χ2v) is 7.81. The number of halogens is 1. The first-order valence-corrected chi connectivity index (χ1v) is 10.2. The molecule has 1 unspecified atom stereocenters. The number of hydrogen-bond acceptors (Lipinski definition) is 2. The van der Waals surface area contributed by atoms with E-state index in [0.717, 1.165) is 56.0 Å². The molecule has 1 N–H and O–H groups in total. The molecular weight excluding hydrogens is 354 g/mol. The van der Waals surface area contributed by atoms with Crippen LogP contribution in [0, 0.1) is 0 Å². The van der Waals surface area contributed by atoms with Crippen LogP contribution in [0.3, 0.4) is 0 Å². The van der Waals surface area contributed by atoms with E-state index in [1.54, 1.807) is 7.11 Å². The van der Waals surface area contributed by atoms with Crippen LogP contribution in [0.4, 0.5) is 0 Å². The summed E-state index contributed by atoms with van der Waals surface area (Å²) in [7, 11) is 1.71. The van der Waals surface area contributed by atoms with E-state index in [0.29, 0.717) is 0 Å². The minimum Gasteiger partial charge on any atom is -0.497 e. The molecule has 0 aromatic heterocycles. The standard InChI is InChI=1S/C24H32ClNO/c1-4-14-24(2,21-11-6-12-22(25)19-21)15-8-17-26-16-7-10-20-9-5-13-23(18-20)27-3/h4-6,9,11-13,18-19,26H,1,7-8,10,14-17H2,2-3H3. The van der Waals surface area contributed by atoms with Gasteiger partial charge in [0.15, 0.2) is 0 Å². The van der Waals surface area contributed by atoms with E-state index < -0.39 is 0 Å². The zero-order chi connectivity index (χ0) is 19.5. The van der Waals surface area contributed by atoms with Gasteiger partial charge in [0.1, 0.15) is 5.75 Å². The first kappa shape index (κ1) is 21.5. The molecule has 2 rings (SSSR count). The number of hydrogen-bond donors (Lipinski definition) is 1. The van der Waals surface area contributed by atoms with Gasteiger partial charge in [0.05, 0.1) is 7.11 Å². The molecular formula is C24H32ClNO. The quantitative estimate of drug-likeness (QED) is 0.347. The fraction of sp³-hybridized carbons (Fsp3) is 0.417. The van der Waals surface area contributed by atoms with Crippen molar-refractivity contribution in [2.24, 2.45) is 0 Å². The van der Waals surface area contributed by atoms with Gasteiger partial charge in [-0.2, -0.15) is 0 Å². The van der Waals surface area contributed by atoms with Gasteiger partial charge in [-0.1, -0.05) is 48.9 Å². The lowest BCUT2D eigenvalue weighted by molar-refractivity contribution is 0.413. The van der Waals surface area contributed by atoms with Gasteiger partial charge in [-0.3, -0.25) is 0 Å². The van der Waals surface area contributed by atoms with Crippen molar-refractivity contribution < 1.29 is 4.74 Å². The molecule has 0 aliphatic heterocycles. The van der Waals surface area contributed by atoms with E-state index in [1.165, 1.54) is 11.1 Å². The first-order chi connectivity index (χ1) is 13.1. The number of ether oxygens (including phenoxy) is 1. The zero-order valence-corrected chi connectivity index (χ0v) is 17.4. The maximum atomic E-state index is 6.19. The van der Waals surface area contributed by atoms with Crippen LogP contribution >= 0.6 is 11.6 Å². The highest BCUT2D eigenvalue weighted by Gasteiger charge is 2.24. The van der Waals surface area contributed by atoms with Crippen molar-refractivity contribution in [3.05, 3.63) is 77.3 Å². The van der Waals surface area contributed by atoms with E-state index in [1.807, 2.05) is 24.3 Å². The van der Waals surface area contributed by atoms with Crippen LogP contribution in [0.1, 0.15) is 43.7 Å². The van der Waals surface area contributed by atoms with Crippen molar-refractivity contribution in [2.75, 3.05) is 20.2 Å². The molecule has 146 valence electrons. The summed E-state index contributed by atoms with van der Waals surface area (Å²) in [5.74, 6) is 0.933. The van der Waals surface area contributed by atoms with Gasteiger partial charge in [-0.15, -0.1) is 6.58 Å². The predicted octanol–water partition coefficient (Wildman–Crippen LogP) is 6.19. The van der Waals surface area contributed by atoms with Crippen molar-refractivity contribution in [3.8, 4) is 5.75 Å². The maximum absolute atomic E-state index is 6.19. The Hall–Kier alpha value is -1.77. The van der Waals surface area contributed by atoms with Gasteiger partial charge in [-0.25, -0.2) is 0 Å². The normalized spacial score (nSPS) is 13.1. The fourth-order valence-electron chi connectivity index (χ4n) is 3.52. The summed E-state index contributed by atoms with van der Waals surface area (Å²) in [6, 6.07) is 16.6. The Morgan fingerprint density at radius 1 is 1.11 bits per heavy atom. The zero-order valence-electron chi connectivity index (χ0n) is 16.6. The summed E-state index contributed by atoms with van der Waals surface area (Å²) in [6.45, 7) is 8.32. The Morgan fingerprint density at radius 3 is 2.63 bits per heavy atom. The summed E-state index contributed by atoms with van der Waals surface area (Å²) in [4.78, 5) is 0. The minimum atomic E-state index is 0.0922. The van der Waals surface area contributed by atoms with Gasteiger partial charge in [0.2, 0.25) is 0 Å². The third kappa shape index (κ3) is 7.04. The van der Waals surface area contributed by atoms with E-state index in [2.05, 4.69) is 49.2 Å². The monoisotopic (exact) mass is 385 g/mol. The Labute approximate surface area is 169 Å². The molecule has 27 heavy (non-hydrogen) atoms. The topological polar surface area (TPSA) is 21.3 Å². The first-order valence-electron chi connectivity index (χ1n) is 9.78. The number of methoxy groups -OCH3 is 1. The molecule has 0 amide bonds. The van der Waals surface area contributed by atoms with Gasteiger partial charge < -0.3 is 10.1 Å². The molecule has 0 saturated carbocycles. The molecule has 0 heterocycles. The minimum absolute atomic E-state index is 0.0922. The number of aryl methyl sites for hydroxylation is 1. The van der Waals surface area contributed by atoms with Crippen molar-refractivity contribution in [2.45, 2.75) is 44.4 Å². The molecule has 2 aromatic carbocycles. The largest absolute Gasteiger partial charge is 0.497 e. The lowest BCUT2D eigenvalue weighted by atomic mass is 9.76. The highest BCUT2D eigenvalue weighted by molar-refractivity contribution is 6.30. The molecule has 2 aromatic rings. The number of rotatable bonds is 12. The number of allylic oxidation sites excluding steroid dienone is 1. The lowest BCUT2D eigenvalue weighted by Gasteiger charge is -2.29. The highest BCUT2D eigenvalue weighted by Crippen LogP contribution is 2.34. The lowest BCUT2D eigenvalue weighted by Crippen LogP contribution is -2.24. The summed E-state index contributed by atoms with van der Waals surface area (Å²) in [6.07, 6.45) is 7.43. The third-order valence-corrected chi connectivity index (χ3v) is 5.39. The van der Waals surface area contributed by atoms with Crippen molar-refractivity contribution in [3.63, 3.8) is 0 Å². The molecule has 3 heteroatoms. The second kappa shape index (κ2) is 11.2. The highest BCUT2D eigenvalue weighted by atomic mass is 35.5. The summed E-state index contributed by atoms with van der Waals surface area (Å²) in [5.41, 5.74) is 2.72. The summed E-state index contributed by atoms with van der Waals surface area (Å²) >= 11 is 6.19. The van der Waals surface area contributed by atoms with E-state index in [4.69, 9.17) is 16.3 Å². The molecule has 1 atom stereocenters. The molecule has 0 radical (unpaired) electrons. The van der Waals surface area contributed by atoms with Crippen LogP contribution in [0.15, 0.2) is 61.2 Å². The SMILES string of the molecule is C=CCC(C)(CCCNCCCc1cccc(OC)c1)c1cccc(Cl)c1. The van der Waals surface area contributed by atoms with Crippen molar-refractivity contribution >= 4 is 11.6 Å². The van der Waals surface area contributed by atoms with Crippen molar-refractivity contribution in [1.82, 2.24) is 5.32 Å². The van der Waals surface area contributed by atoms with E-state index in [-0.39, 0.29) is 5.41 Å². The molecule has 2 nitrogen and oxygen atoms in total. The van der Waals surface area contributed by atoms with Gasteiger partial charge in [0, 0.05) is 5.02 Å². The number of benzene rings is 2. The Kier molecular flexibility index (Phi) is 8.90. The Bertz CT molecular complexity index is 715. The molecule has 0 saturated heterocycles. The van der Waals surface area contributed by atoms with E-state index in [9.17, 15) is 0 Å². The Balaban J connectivity index is 1.71.